The van der Waals surface area contributed by atoms with Crippen LogP contribution in [0.5, 0.6) is 0 Å². The molecular formula is C8H12N2O. The number of carbonyl (C=O) groups excluding carboxylic acids is 1. The summed E-state index contributed by atoms with van der Waals surface area (Å²) >= 11 is 0. The SMILES string of the molecule is CC(C)Cc1nc(C=O)c[nH]1. The van der Waals surface area contributed by atoms with Crippen LogP contribution in [-0.4, -0.2) is 16.3 Å². The van der Waals surface area contributed by atoms with Crippen molar-refractivity contribution in [3.8, 4) is 0 Å². The molecule has 3 heteroatoms. The predicted molar refractivity (Wildman–Crippen MR) is 42.5 cm³/mol. The van der Waals surface area contributed by atoms with E-state index in [0.717, 1.165) is 18.5 Å². The largest absolute Gasteiger partial charge is 0.348 e. The van der Waals surface area contributed by atoms with Crippen molar-refractivity contribution >= 4 is 6.29 Å². The van der Waals surface area contributed by atoms with E-state index in [4.69, 9.17) is 0 Å². The molecule has 0 fully saturated rings. The van der Waals surface area contributed by atoms with Crippen molar-refractivity contribution in [1.29, 1.82) is 0 Å². The number of imidazole rings is 1. The van der Waals surface area contributed by atoms with Crippen molar-refractivity contribution in [3.05, 3.63) is 17.7 Å². The first-order chi connectivity index (χ1) is 5.22. The van der Waals surface area contributed by atoms with Gasteiger partial charge < -0.3 is 4.98 Å². The van der Waals surface area contributed by atoms with Crippen LogP contribution < -0.4 is 0 Å². The molecule has 0 aromatic carbocycles. The molecule has 1 N–H and O–H groups in total. The lowest BCUT2D eigenvalue weighted by atomic mass is 10.1. The van der Waals surface area contributed by atoms with Gasteiger partial charge in [0.25, 0.3) is 0 Å². The highest BCUT2D eigenvalue weighted by molar-refractivity contribution is 5.71. The molecule has 3 nitrogen and oxygen atoms in total. The highest BCUT2D eigenvalue weighted by Crippen LogP contribution is 2.02. The Hall–Kier alpha value is -1.12. The molecule has 0 bridgehead atoms. The molecule has 0 saturated heterocycles. The van der Waals surface area contributed by atoms with Gasteiger partial charge >= 0.3 is 0 Å². The molecule has 60 valence electrons. The number of aldehydes is 1. The molecule has 0 aliphatic carbocycles. The van der Waals surface area contributed by atoms with Crippen molar-refractivity contribution in [2.75, 3.05) is 0 Å². The van der Waals surface area contributed by atoms with Crippen LogP contribution in [0.2, 0.25) is 0 Å². The van der Waals surface area contributed by atoms with Gasteiger partial charge in [-0.15, -0.1) is 0 Å². The van der Waals surface area contributed by atoms with Gasteiger partial charge in [-0.2, -0.15) is 0 Å². The summed E-state index contributed by atoms with van der Waals surface area (Å²) in [6.45, 7) is 4.23. The summed E-state index contributed by atoms with van der Waals surface area (Å²) in [5.74, 6) is 1.46. The second kappa shape index (κ2) is 3.32. The third-order valence-corrected chi connectivity index (χ3v) is 1.37. The number of hydrogen-bond acceptors (Lipinski definition) is 2. The summed E-state index contributed by atoms with van der Waals surface area (Å²) in [7, 11) is 0. The first-order valence-electron chi connectivity index (χ1n) is 3.72. The van der Waals surface area contributed by atoms with Gasteiger partial charge in [-0.25, -0.2) is 4.98 Å². The molecule has 1 aromatic heterocycles. The Morgan fingerprint density at radius 2 is 2.45 bits per heavy atom. The average Bonchev–Trinajstić information content (AvgIpc) is 2.34. The molecule has 1 heterocycles. The predicted octanol–water partition coefficient (Wildman–Crippen LogP) is 1.42. The van der Waals surface area contributed by atoms with Crippen LogP contribution >= 0.6 is 0 Å². The maximum absolute atomic E-state index is 10.2. The Bertz CT molecular complexity index is 240. The molecular weight excluding hydrogens is 140 g/mol. The quantitative estimate of drug-likeness (QED) is 0.666. The lowest BCUT2D eigenvalue weighted by molar-refractivity contribution is 0.111. The van der Waals surface area contributed by atoms with Gasteiger partial charge in [-0.05, 0) is 5.92 Å². The van der Waals surface area contributed by atoms with Crippen LogP contribution in [0.25, 0.3) is 0 Å². The van der Waals surface area contributed by atoms with Crippen LogP contribution in [0, 0.1) is 5.92 Å². The van der Waals surface area contributed by atoms with Crippen LogP contribution in [0.1, 0.15) is 30.2 Å². The van der Waals surface area contributed by atoms with Gasteiger partial charge in [0.05, 0.1) is 0 Å². The zero-order chi connectivity index (χ0) is 8.27. The fourth-order valence-corrected chi connectivity index (χ4v) is 0.929. The molecule has 1 rings (SSSR count). The Morgan fingerprint density at radius 1 is 1.73 bits per heavy atom. The highest BCUT2D eigenvalue weighted by Gasteiger charge is 2.01. The van der Waals surface area contributed by atoms with E-state index in [0.29, 0.717) is 11.6 Å². The Balaban J connectivity index is 2.65. The van der Waals surface area contributed by atoms with Gasteiger partial charge in [0.1, 0.15) is 11.5 Å². The Morgan fingerprint density at radius 3 is 2.91 bits per heavy atom. The topological polar surface area (TPSA) is 45.8 Å². The van der Waals surface area contributed by atoms with Crippen molar-refractivity contribution < 1.29 is 4.79 Å². The molecule has 0 radical (unpaired) electrons. The average molecular weight is 152 g/mol. The Labute approximate surface area is 65.8 Å². The lowest BCUT2D eigenvalue weighted by Gasteiger charge is -1.98. The molecule has 0 aliphatic heterocycles. The van der Waals surface area contributed by atoms with Gasteiger partial charge in [0, 0.05) is 12.6 Å². The third kappa shape index (κ3) is 2.18. The van der Waals surface area contributed by atoms with E-state index < -0.39 is 0 Å². The van der Waals surface area contributed by atoms with E-state index in [1.54, 1.807) is 6.20 Å². The lowest BCUT2D eigenvalue weighted by Crippen LogP contribution is -1.95. The summed E-state index contributed by atoms with van der Waals surface area (Å²) in [4.78, 5) is 17.2. The van der Waals surface area contributed by atoms with Crippen molar-refractivity contribution in [3.63, 3.8) is 0 Å². The van der Waals surface area contributed by atoms with Gasteiger partial charge in [0.15, 0.2) is 6.29 Å². The second-order valence-corrected chi connectivity index (χ2v) is 2.99. The van der Waals surface area contributed by atoms with Gasteiger partial charge in [0.2, 0.25) is 0 Å². The van der Waals surface area contributed by atoms with Crippen LogP contribution in [0.4, 0.5) is 0 Å². The van der Waals surface area contributed by atoms with E-state index in [2.05, 4.69) is 23.8 Å². The molecule has 0 unspecified atom stereocenters. The third-order valence-electron chi connectivity index (χ3n) is 1.37. The van der Waals surface area contributed by atoms with Crippen LogP contribution in [0.3, 0.4) is 0 Å². The van der Waals surface area contributed by atoms with Crippen LogP contribution in [-0.2, 0) is 6.42 Å². The fourth-order valence-electron chi connectivity index (χ4n) is 0.929. The molecule has 1 aromatic rings. The number of hydrogen-bond donors (Lipinski definition) is 1. The summed E-state index contributed by atoms with van der Waals surface area (Å²) in [5.41, 5.74) is 0.487. The number of nitrogens with zero attached hydrogens (tertiary/aromatic N) is 1. The van der Waals surface area contributed by atoms with E-state index in [9.17, 15) is 4.79 Å². The zero-order valence-corrected chi connectivity index (χ0v) is 6.79. The molecule has 0 aliphatic rings. The monoisotopic (exact) mass is 152 g/mol. The fraction of sp³-hybridized carbons (Fsp3) is 0.500. The first-order valence-corrected chi connectivity index (χ1v) is 3.72. The van der Waals surface area contributed by atoms with Crippen molar-refractivity contribution in [2.24, 2.45) is 5.92 Å². The smallest absolute Gasteiger partial charge is 0.169 e. The molecule has 0 atom stereocenters. The maximum atomic E-state index is 10.2. The van der Waals surface area contributed by atoms with E-state index in [1.807, 2.05) is 0 Å². The minimum atomic E-state index is 0.487. The normalized spacial score (nSPS) is 10.5. The molecule has 0 spiro atoms. The highest BCUT2D eigenvalue weighted by atomic mass is 16.1. The standard InChI is InChI=1S/C8H12N2O/c1-6(2)3-8-9-4-7(5-11)10-8/h4-6H,3H2,1-2H3,(H,9,10). The summed E-state index contributed by atoms with van der Waals surface area (Å²) in [6.07, 6.45) is 3.28. The van der Waals surface area contributed by atoms with Gasteiger partial charge in [-0.3, -0.25) is 4.79 Å². The summed E-state index contributed by atoms with van der Waals surface area (Å²) in [6, 6.07) is 0. The van der Waals surface area contributed by atoms with Crippen molar-refractivity contribution in [1.82, 2.24) is 9.97 Å². The van der Waals surface area contributed by atoms with Gasteiger partial charge in [-0.1, -0.05) is 13.8 Å². The number of aromatic nitrogens is 2. The number of H-pyrrole nitrogens is 1. The number of aromatic amines is 1. The van der Waals surface area contributed by atoms with Crippen molar-refractivity contribution in [2.45, 2.75) is 20.3 Å². The van der Waals surface area contributed by atoms with Crippen LogP contribution in [0.15, 0.2) is 6.20 Å². The number of carbonyl (C=O) groups is 1. The minimum absolute atomic E-state index is 0.487. The number of nitrogens with one attached hydrogen (secondary N) is 1. The Kier molecular flexibility index (Phi) is 2.41. The molecule has 11 heavy (non-hydrogen) atoms. The number of rotatable bonds is 3. The second-order valence-electron chi connectivity index (χ2n) is 2.99. The zero-order valence-electron chi connectivity index (χ0n) is 6.79. The minimum Gasteiger partial charge on any atom is -0.348 e. The van der Waals surface area contributed by atoms with E-state index in [1.165, 1.54) is 0 Å². The van der Waals surface area contributed by atoms with E-state index in [-0.39, 0.29) is 0 Å². The molecule has 0 amide bonds. The first kappa shape index (κ1) is 7.98. The molecule has 0 saturated carbocycles. The maximum Gasteiger partial charge on any atom is 0.169 e. The summed E-state index contributed by atoms with van der Waals surface area (Å²) < 4.78 is 0. The van der Waals surface area contributed by atoms with E-state index >= 15 is 0 Å². The summed E-state index contributed by atoms with van der Waals surface area (Å²) in [5, 5.41) is 0.